The molecule has 1 fully saturated rings. The van der Waals surface area contributed by atoms with Crippen molar-refractivity contribution < 1.29 is 41.7 Å². The number of thiazole rings is 1. The van der Waals surface area contributed by atoms with Gasteiger partial charge in [-0.1, -0.05) is 12.1 Å². The first kappa shape index (κ1) is 28.0. The van der Waals surface area contributed by atoms with Crippen LogP contribution in [0.4, 0.5) is 18.9 Å². The number of alkyl halides is 3. The largest absolute Gasteiger partial charge is 0.573 e. The number of hydrogen-bond acceptors (Lipinski definition) is 8. The van der Waals surface area contributed by atoms with Gasteiger partial charge in [0.2, 0.25) is 5.75 Å². The van der Waals surface area contributed by atoms with Gasteiger partial charge in [0.1, 0.15) is 5.69 Å². The van der Waals surface area contributed by atoms with E-state index in [1.54, 1.807) is 22.4 Å². The normalized spacial score (nSPS) is 14.1. The quantitative estimate of drug-likeness (QED) is 0.394. The summed E-state index contributed by atoms with van der Waals surface area (Å²) in [5.74, 6) is -0.270. The number of hydrogen-bond donors (Lipinski definition) is 1. The summed E-state index contributed by atoms with van der Waals surface area (Å²) in [5, 5.41) is 4.71. The Morgan fingerprint density at radius 1 is 0.974 bits per heavy atom. The van der Waals surface area contributed by atoms with Crippen molar-refractivity contribution in [1.29, 1.82) is 0 Å². The molecular weight excluding hydrogens is 539 g/mol. The fraction of sp³-hybridized carbons (Fsp3) is 0.346. The topological polar surface area (TPSA) is 99.2 Å². The molecule has 13 heteroatoms. The molecule has 0 spiro atoms. The van der Waals surface area contributed by atoms with Crippen molar-refractivity contribution in [3.8, 4) is 23.0 Å². The second kappa shape index (κ2) is 11.8. The van der Waals surface area contributed by atoms with E-state index in [0.29, 0.717) is 48.7 Å². The Balaban J connectivity index is 1.40. The number of carbonyl (C=O) groups excluding carboxylic acids is 2. The molecule has 9 nitrogen and oxygen atoms in total. The molecule has 3 aromatic rings. The van der Waals surface area contributed by atoms with Crippen LogP contribution in [0.5, 0.6) is 23.0 Å². The molecule has 2 heterocycles. The summed E-state index contributed by atoms with van der Waals surface area (Å²) in [5.41, 5.74) is 0.328. The maximum absolute atomic E-state index is 13.3. The van der Waals surface area contributed by atoms with Gasteiger partial charge in [-0.3, -0.25) is 9.59 Å². The van der Waals surface area contributed by atoms with Crippen LogP contribution in [0.15, 0.2) is 41.8 Å². The lowest BCUT2D eigenvalue weighted by atomic mass is 9.97. The Morgan fingerprint density at radius 2 is 1.67 bits per heavy atom. The number of anilines is 1. The third-order valence-electron chi connectivity index (χ3n) is 6.18. The van der Waals surface area contributed by atoms with E-state index < -0.39 is 18.0 Å². The van der Waals surface area contributed by atoms with Crippen LogP contribution < -0.4 is 24.3 Å². The zero-order valence-electron chi connectivity index (χ0n) is 21.3. The zero-order valence-corrected chi connectivity index (χ0v) is 22.1. The fourth-order valence-electron chi connectivity index (χ4n) is 4.32. The lowest BCUT2D eigenvalue weighted by molar-refractivity contribution is -0.274. The Hall–Kier alpha value is -4.00. The highest BCUT2D eigenvalue weighted by atomic mass is 32.1. The maximum Gasteiger partial charge on any atom is 0.573 e. The third kappa shape index (κ3) is 6.36. The number of halogens is 3. The number of para-hydroxylation sites is 2. The molecule has 0 bridgehead atoms. The molecule has 1 N–H and O–H groups in total. The Kier molecular flexibility index (Phi) is 8.48. The van der Waals surface area contributed by atoms with E-state index in [1.165, 1.54) is 50.9 Å². The Labute approximate surface area is 226 Å². The minimum atomic E-state index is -4.89. The lowest BCUT2D eigenvalue weighted by Gasteiger charge is -2.31. The molecule has 0 aliphatic carbocycles. The predicted octanol–water partition coefficient (Wildman–Crippen LogP) is 5.34. The van der Waals surface area contributed by atoms with Crippen LogP contribution in [-0.4, -0.2) is 62.5 Å². The first-order valence-corrected chi connectivity index (χ1v) is 12.7. The average Bonchev–Trinajstić information content (AvgIpc) is 3.42. The monoisotopic (exact) mass is 565 g/mol. The van der Waals surface area contributed by atoms with Crippen LogP contribution in [0.1, 0.15) is 44.6 Å². The summed E-state index contributed by atoms with van der Waals surface area (Å²) >= 11 is 1.29. The second-order valence-electron chi connectivity index (χ2n) is 8.52. The van der Waals surface area contributed by atoms with E-state index in [2.05, 4.69) is 15.0 Å². The number of carbonyl (C=O) groups is 2. The van der Waals surface area contributed by atoms with Crippen LogP contribution >= 0.6 is 11.3 Å². The van der Waals surface area contributed by atoms with E-state index in [4.69, 9.17) is 14.2 Å². The SMILES string of the molecule is COc1ccc(C(=O)N2CCC(c3nc(C(=O)Nc4ccccc4OC(F)(F)F)cs3)CC2)c(OC)c1OC. The maximum atomic E-state index is 13.3. The molecule has 1 aliphatic rings. The van der Waals surface area contributed by atoms with E-state index >= 15 is 0 Å². The number of rotatable bonds is 8. The van der Waals surface area contributed by atoms with Gasteiger partial charge in [0, 0.05) is 24.4 Å². The van der Waals surface area contributed by atoms with Gasteiger partial charge in [0.05, 0.1) is 37.6 Å². The van der Waals surface area contributed by atoms with Gasteiger partial charge in [-0.25, -0.2) is 4.98 Å². The van der Waals surface area contributed by atoms with Crippen LogP contribution in [0, 0.1) is 0 Å². The van der Waals surface area contributed by atoms with Gasteiger partial charge < -0.3 is 29.2 Å². The molecule has 0 radical (unpaired) electrons. The third-order valence-corrected chi connectivity index (χ3v) is 7.19. The lowest BCUT2D eigenvalue weighted by Crippen LogP contribution is -2.38. The molecule has 1 aromatic heterocycles. The number of benzene rings is 2. The Morgan fingerprint density at radius 3 is 2.31 bits per heavy atom. The molecule has 4 rings (SSSR count). The highest BCUT2D eigenvalue weighted by Gasteiger charge is 2.33. The number of aromatic nitrogens is 1. The Bertz CT molecular complexity index is 1340. The minimum Gasteiger partial charge on any atom is -0.493 e. The smallest absolute Gasteiger partial charge is 0.493 e. The van der Waals surface area contributed by atoms with Gasteiger partial charge in [-0.15, -0.1) is 24.5 Å². The highest BCUT2D eigenvalue weighted by Crippen LogP contribution is 2.41. The number of ether oxygens (including phenoxy) is 4. The molecule has 2 aromatic carbocycles. The molecule has 2 amide bonds. The second-order valence-corrected chi connectivity index (χ2v) is 9.41. The molecule has 1 aliphatic heterocycles. The molecule has 208 valence electrons. The fourth-order valence-corrected chi connectivity index (χ4v) is 5.29. The molecule has 0 saturated carbocycles. The predicted molar refractivity (Wildman–Crippen MR) is 137 cm³/mol. The van der Waals surface area contributed by atoms with Crippen molar-refractivity contribution in [2.24, 2.45) is 0 Å². The summed E-state index contributed by atoms with van der Waals surface area (Å²) in [7, 11) is 4.43. The molecule has 1 saturated heterocycles. The average molecular weight is 566 g/mol. The van der Waals surface area contributed by atoms with Crippen molar-refractivity contribution >= 4 is 28.8 Å². The minimum absolute atomic E-state index is 0.0220. The number of amides is 2. The van der Waals surface area contributed by atoms with Crippen molar-refractivity contribution in [3.05, 3.63) is 58.0 Å². The summed E-state index contributed by atoms with van der Waals surface area (Å²) in [6, 6.07) is 8.57. The van der Waals surface area contributed by atoms with Gasteiger partial charge in [0.25, 0.3) is 11.8 Å². The van der Waals surface area contributed by atoms with E-state index in [-0.39, 0.29) is 23.2 Å². The van der Waals surface area contributed by atoms with Crippen LogP contribution in [0.25, 0.3) is 0 Å². The molecular formula is C26H26F3N3O6S. The highest BCUT2D eigenvalue weighted by molar-refractivity contribution is 7.10. The molecule has 39 heavy (non-hydrogen) atoms. The number of methoxy groups -OCH3 is 3. The standard InChI is InChI=1S/C26H26F3N3O6S/c1-35-20-9-8-16(21(36-2)22(20)37-3)25(34)32-12-10-15(11-13-32)24-31-18(14-39-24)23(33)30-17-6-4-5-7-19(17)38-26(27,28)29/h4-9,14-15H,10-13H2,1-3H3,(H,30,33). The molecule has 0 atom stereocenters. The first-order valence-electron chi connectivity index (χ1n) is 11.8. The van der Waals surface area contributed by atoms with Crippen molar-refractivity contribution in [1.82, 2.24) is 9.88 Å². The van der Waals surface area contributed by atoms with Crippen LogP contribution in [0.2, 0.25) is 0 Å². The number of likely N-dealkylation sites (tertiary alicyclic amines) is 1. The number of nitrogens with zero attached hydrogens (tertiary/aromatic N) is 2. The van der Waals surface area contributed by atoms with E-state index in [0.717, 1.165) is 11.1 Å². The summed E-state index contributed by atoms with van der Waals surface area (Å²) in [6.45, 7) is 0.925. The van der Waals surface area contributed by atoms with Crippen molar-refractivity contribution in [3.63, 3.8) is 0 Å². The van der Waals surface area contributed by atoms with Crippen LogP contribution in [0.3, 0.4) is 0 Å². The van der Waals surface area contributed by atoms with E-state index in [9.17, 15) is 22.8 Å². The van der Waals surface area contributed by atoms with Gasteiger partial charge in [-0.05, 0) is 37.1 Å². The van der Waals surface area contributed by atoms with Gasteiger partial charge in [-0.2, -0.15) is 0 Å². The first-order chi connectivity index (χ1) is 18.6. The van der Waals surface area contributed by atoms with Crippen molar-refractivity contribution in [2.75, 3.05) is 39.7 Å². The van der Waals surface area contributed by atoms with E-state index in [1.807, 2.05) is 0 Å². The molecule has 0 unspecified atom stereocenters. The van der Waals surface area contributed by atoms with Crippen LogP contribution in [-0.2, 0) is 0 Å². The number of nitrogens with one attached hydrogen (secondary N) is 1. The number of piperidine rings is 1. The van der Waals surface area contributed by atoms with Gasteiger partial charge in [0.15, 0.2) is 17.2 Å². The zero-order chi connectivity index (χ0) is 28.2. The van der Waals surface area contributed by atoms with Gasteiger partial charge >= 0.3 is 6.36 Å². The summed E-state index contributed by atoms with van der Waals surface area (Å²) in [6.07, 6.45) is -3.65. The summed E-state index contributed by atoms with van der Waals surface area (Å²) in [4.78, 5) is 32.1. The summed E-state index contributed by atoms with van der Waals surface area (Å²) < 4.78 is 58.1. The van der Waals surface area contributed by atoms with Crippen molar-refractivity contribution in [2.45, 2.75) is 25.1 Å².